The molecule has 0 aliphatic rings. The summed E-state index contributed by atoms with van der Waals surface area (Å²) in [4.78, 5) is 15.8. The topological polar surface area (TPSA) is 56.9 Å². The highest BCUT2D eigenvalue weighted by Gasteiger charge is 2.19. The SMILES string of the molecule is Cc1ccc(CN(C)C(=O)CN(CC(C)O)C(C)C)o1. The van der Waals surface area contributed by atoms with Gasteiger partial charge in [-0.3, -0.25) is 9.69 Å². The molecule has 0 fully saturated rings. The maximum absolute atomic E-state index is 12.2. The van der Waals surface area contributed by atoms with Crippen LogP contribution in [0.5, 0.6) is 0 Å². The second kappa shape index (κ2) is 7.45. The molecule has 0 saturated carbocycles. The van der Waals surface area contributed by atoms with Gasteiger partial charge in [0, 0.05) is 19.6 Å². The molecule has 1 amide bonds. The first-order valence-corrected chi connectivity index (χ1v) is 7.01. The fourth-order valence-electron chi connectivity index (χ4n) is 1.98. The predicted molar refractivity (Wildman–Crippen MR) is 78.3 cm³/mol. The Labute approximate surface area is 121 Å². The molecular formula is C15H26N2O3. The zero-order chi connectivity index (χ0) is 15.3. The van der Waals surface area contributed by atoms with E-state index in [2.05, 4.69) is 0 Å². The summed E-state index contributed by atoms with van der Waals surface area (Å²) in [7, 11) is 1.76. The summed E-state index contributed by atoms with van der Waals surface area (Å²) in [6.45, 7) is 8.92. The normalized spacial score (nSPS) is 13.0. The number of aliphatic hydroxyl groups excluding tert-OH is 1. The molecule has 1 N–H and O–H groups in total. The van der Waals surface area contributed by atoms with E-state index in [1.807, 2.05) is 37.8 Å². The van der Waals surface area contributed by atoms with Crippen molar-refractivity contribution < 1.29 is 14.3 Å². The Kier molecular flexibility index (Phi) is 6.23. The van der Waals surface area contributed by atoms with Gasteiger partial charge in [-0.25, -0.2) is 0 Å². The van der Waals surface area contributed by atoms with Crippen molar-refractivity contribution in [3.63, 3.8) is 0 Å². The van der Waals surface area contributed by atoms with Crippen LogP contribution in [0.4, 0.5) is 0 Å². The van der Waals surface area contributed by atoms with E-state index in [-0.39, 0.29) is 11.9 Å². The second-order valence-electron chi connectivity index (χ2n) is 5.63. The highest BCUT2D eigenvalue weighted by molar-refractivity contribution is 5.77. The number of hydrogen-bond donors (Lipinski definition) is 1. The number of carbonyl (C=O) groups is 1. The Morgan fingerprint density at radius 2 is 2.00 bits per heavy atom. The van der Waals surface area contributed by atoms with E-state index in [9.17, 15) is 9.90 Å². The predicted octanol–water partition coefficient (Wildman–Crippen LogP) is 1.64. The summed E-state index contributed by atoms with van der Waals surface area (Å²) in [5.41, 5.74) is 0. The fraction of sp³-hybridized carbons (Fsp3) is 0.667. The second-order valence-corrected chi connectivity index (χ2v) is 5.63. The molecule has 114 valence electrons. The van der Waals surface area contributed by atoms with Crippen molar-refractivity contribution in [2.24, 2.45) is 0 Å². The molecule has 1 aromatic heterocycles. The molecular weight excluding hydrogens is 256 g/mol. The fourth-order valence-corrected chi connectivity index (χ4v) is 1.98. The number of aryl methyl sites for hydroxylation is 1. The van der Waals surface area contributed by atoms with E-state index in [4.69, 9.17) is 4.42 Å². The number of amides is 1. The standard InChI is InChI=1S/C15H26N2O3/c1-11(2)17(8-12(3)18)10-15(19)16(5)9-14-7-6-13(4)20-14/h6-7,11-12,18H,8-10H2,1-5H3. The minimum atomic E-state index is -0.441. The zero-order valence-electron chi connectivity index (χ0n) is 13.1. The molecule has 5 heteroatoms. The van der Waals surface area contributed by atoms with Gasteiger partial charge in [-0.15, -0.1) is 0 Å². The van der Waals surface area contributed by atoms with Crippen LogP contribution in [0.3, 0.4) is 0 Å². The van der Waals surface area contributed by atoms with Gasteiger partial charge < -0.3 is 14.4 Å². The molecule has 0 aliphatic heterocycles. The lowest BCUT2D eigenvalue weighted by Crippen LogP contribution is -2.44. The van der Waals surface area contributed by atoms with Gasteiger partial charge in [-0.2, -0.15) is 0 Å². The van der Waals surface area contributed by atoms with Crippen LogP contribution in [0.2, 0.25) is 0 Å². The van der Waals surface area contributed by atoms with Crippen LogP contribution in [-0.2, 0) is 11.3 Å². The van der Waals surface area contributed by atoms with Crippen molar-refractivity contribution in [2.45, 2.75) is 46.4 Å². The van der Waals surface area contributed by atoms with Crippen molar-refractivity contribution in [3.05, 3.63) is 23.7 Å². The van der Waals surface area contributed by atoms with Gasteiger partial charge in [-0.1, -0.05) is 0 Å². The molecule has 0 spiro atoms. The molecule has 1 heterocycles. The number of aliphatic hydroxyl groups is 1. The van der Waals surface area contributed by atoms with Gasteiger partial charge >= 0.3 is 0 Å². The third-order valence-electron chi connectivity index (χ3n) is 3.18. The Balaban J connectivity index is 2.54. The van der Waals surface area contributed by atoms with Gasteiger partial charge in [0.05, 0.1) is 19.2 Å². The molecule has 0 bridgehead atoms. The molecule has 0 saturated heterocycles. The van der Waals surface area contributed by atoms with E-state index in [0.29, 0.717) is 19.6 Å². The Bertz CT molecular complexity index is 427. The molecule has 1 rings (SSSR count). The van der Waals surface area contributed by atoms with E-state index in [1.165, 1.54) is 0 Å². The van der Waals surface area contributed by atoms with Gasteiger partial charge in [0.25, 0.3) is 0 Å². The van der Waals surface area contributed by atoms with Gasteiger partial charge in [0.15, 0.2) is 0 Å². The van der Waals surface area contributed by atoms with Gasteiger partial charge in [0.1, 0.15) is 11.5 Å². The summed E-state index contributed by atoms with van der Waals surface area (Å²) in [5, 5.41) is 9.48. The lowest BCUT2D eigenvalue weighted by molar-refractivity contribution is -0.132. The molecule has 20 heavy (non-hydrogen) atoms. The number of rotatable bonds is 7. The van der Waals surface area contributed by atoms with Crippen LogP contribution in [0.1, 0.15) is 32.3 Å². The maximum atomic E-state index is 12.2. The van der Waals surface area contributed by atoms with Gasteiger partial charge in [-0.05, 0) is 39.8 Å². The Morgan fingerprint density at radius 1 is 1.35 bits per heavy atom. The van der Waals surface area contributed by atoms with Crippen molar-refractivity contribution in [2.75, 3.05) is 20.1 Å². The number of carbonyl (C=O) groups excluding carboxylic acids is 1. The number of likely N-dealkylation sites (N-methyl/N-ethyl adjacent to an activating group) is 1. The summed E-state index contributed by atoms with van der Waals surface area (Å²) < 4.78 is 5.47. The Hall–Kier alpha value is -1.33. The number of hydrogen-bond acceptors (Lipinski definition) is 4. The minimum Gasteiger partial charge on any atom is -0.464 e. The lowest BCUT2D eigenvalue weighted by Gasteiger charge is -2.28. The summed E-state index contributed by atoms with van der Waals surface area (Å²) in [5.74, 6) is 1.65. The summed E-state index contributed by atoms with van der Waals surface area (Å²) in [6, 6.07) is 3.99. The molecule has 1 unspecified atom stereocenters. The van der Waals surface area contributed by atoms with E-state index >= 15 is 0 Å². The average Bonchev–Trinajstić information content (AvgIpc) is 2.72. The molecule has 0 radical (unpaired) electrons. The van der Waals surface area contributed by atoms with Crippen LogP contribution in [-0.4, -0.2) is 53.1 Å². The summed E-state index contributed by atoms with van der Waals surface area (Å²) in [6.07, 6.45) is -0.441. The van der Waals surface area contributed by atoms with Crippen LogP contribution in [0.15, 0.2) is 16.5 Å². The third kappa shape index (κ3) is 5.35. The smallest absolute Gasteiger partial charge is 0.236 e. The van der Waals surface area contributed by atoms with Crippen LogP contribution < -0.4 is 0 Å². The minimum absolute atomic E-state index is 0.0217. The van der Waals surface area contributed by atoms with Crippen molar-refractivity contribution >= 4 is 5.91 Å². The highest BCUT2D eigenvalue weighted by Crippen LogP contribution is 2.09. The lowest BCUT2D eigenvalue weighted by atomic mass is 10.2. The quantitative estimate of drug-likeness (QED) is 0.826. The first-order chi connectivity index (χ1) is 9.29. The molecule has 0 aliphatic carbocycles. The van der Waals surface area contributed by atoms with Crippen LogP contribution in [0, 0.1) is 6.92 Å². The number of furan rings is 1. The van der Waals surface area contributed by atoms with Crippen molar-refractivity contribution in [3.8, 4) is 0 Å². The first kappa shape index (κ1) is 16.7. The van der Waals surface area contributed by atoms with Crippen molar-refractivity contribution in [1.29, 1.82) is 0 Å². The van der Waals surface area contributed by atoms with Crippen LogP contribution >= 0.6 is 0 Å². The monoisotopic (exact) mass is 282 g/mol. The molecule has 1 aromatic rings. The average molecular weight is 282 g/mol. The first-order valence-electron chi connectivity index (χ1n) is 7.01. The van der Waals surface area contributed by atoms with Crippen LogP contribution in [0.25, 0.3) is 0 Å². The van der Waals surface area contributed by atoms with E-state index in [1.54, 1.807) is 18.9 Å². The number of nitrogens with zero attached hydrogens (tertiary/aromatic N) is 2. The molecule has 1 atom stereocenters. The zero-order valence-corrected chi connectivity index (χ0v) is 13.1. The Morgan fingerprint density at radius 3 is 2.45 bits per heavy atom. The molecule has 0 aromatic carbocycles. The maximum Gasteiger partial charge on any atom is 0.236 e. The molecule has 5 nitrogen and oxygen atoms in total. The largest absolute Gasteiger partial charge is 0.464 e. The van der Waals surface area contributed by atoms with E-state index < -0.39 is 6.10 Å². The van der Waals surface area contributed by atoms with Crippen molar-refractivity contribution in [1.82, 2.24) is 9.80 Å². The van der Waals surface area contributed by atoms with E-state index in [0.717, 1.165) is 11.5 Å². The third-order valence-corrected chi connectivity index (χ3v) is 3.18. The summed E-state index contributed by atoms with van der Waals surface area (Å²) >= 11 is 0. The van der Waals surface area contributed by atoms with Gasteiger partial charge in [0.2, 0.25) is 5.91 Å². The highest BCUT2D eigenvalue weighted by atomic mass is 16.3.